The molecule has 124 valence electrons. The lowest BCUT2D eigenvalue weighted by atomic mass is 9.88. The minimum Gasteiger partial charge on any atom is -0.386 e. The van der Waals surface area contributed by atoms with Gasteiger partial charge in [0.15, 0.2) is 0 Å². The quantitative estimate of drug-likeness (QED) is 0.904. The number of hydrogen-bond acceptors (Lipinski definition) is 4. The van der Waals surface area contributed by atoms with Crippen LogP contribution in [0.15, 0.2) is 24.3 Å². The molecule has 1 amide bonds. The normalized spacial score (nSPS) is 24.3. The molecule has 23 heavy (non-hydrogen) atoms. The fraction of sp³-hybridized carbons (Fsp3) is 0.611. The second-order valence-electron chi connectivity index (χ2n) is 7.13. The van der Waals surface area contributed by atoms with Gasteiger partial charge >= 0.3 is 0 Å². The zero-order chi connectivity index (χ0) is 15.9. The number of likely N-dealkylation sites (tertiary alicyclic amines) is 1. The Labute approximate surface area is 136 Å². The molecule has 2 heterocycles. The first-order valence-electron chi connectivity index (χ1n) is 8.55. The highest BCUT2D eigenvalue weighted by Crippen LogP contribution is 2.44. The van der Waals surface area contributed by atoms with Gasteiger partial charge in [-0.2, -0.15) is 0 Å². The van der Waals surface area contributed by atoms with Crippen molar-refractivity contribution in [1.29, 1.82) is 0 Å². The summed E-state index contributed by atoms with van der Waals surface area (Å²) in [5.41, 5.74) is 1.28. The average Bonchev–Trinajstić information content (AvgIpc) is 3.38. The number of carbonyl (C=O) groups excluding carboxylic acids is 1. The van der Waals surface area contributed by atoms with Crippen molar-refractivity contribution in [3.8, 4) is 0 Å². The molecule has 4 rings (SSSR count). The molecule has 0 unspecified atom stereocenters. The summed E-state index contributed by atoms with van der Waals surface area (Å²) in [5, 5.41) is 10.4. The second kappa shape index (κ2) is 5.89. The Hall–Kier alpha value is -1.43. The molecule has 0 bridgehead atoms. The maximum Gasteiger partial charge on any atom is 0.254 e. The zero-order valence-electron chi connectivity index (χ0n) is 13.4. The van der Waals surface area contributed by atoms with Crippen molar-refractivity contribution in [2.75, 3.05) is 39.4 Å². The van der Waals surface area contributed by atoms with Gasteiger partial charge in [0.25, 0.3) is 5.91 Å². The molecule has 0 atom stereocenters. The third-order valence-electron chi connectivity index (χ3n) is 5.24. The molecular formula is C18H24N2O3. The van der Waals surface area contributed by atoms with Crippen molar-refractivity contribution < 1.29 is 14.6 Å². The van der Waals surface area contributed by atoms with E-state index in [1.54, 1.807) is 4.90 Å². The third-order valence-corrected chi connectivity index (χ3v) is 5.24. The maximum atomic E-state index is 12.6. The Kier molecular flexibility index (Phi) is 3.87. The Morgan fingerprint density at radius 1 is 1.26 bits per heavy atom. The van der Waals surface area contributed by atoms with Gasteiger partial charge in [0.05, 0.1) is 26.3 Å². The van der Waals surface area contributed by atoms with Crippen LogP contribution in [-0.4, -0.2) is 65.8 Å². The molecule has 1 aliphatic carbocycles. The Bertz CT molecular complexity index is 588. The molecule has 1 aromatic rings. The summed E-state index contributed by atoms with van der Waals surface area (Å²) in [4.78, 5) is 16.7. The average molecular weight is 316 g/mol. The van der Waals surface area contributed by atoms with Crippen molar-refractivity contribution in [1.82, 2.24) is 9.80 Å². The molecule has 1 N–H and O–H groups in total. The molecule has 5 nitrogen and oxygen atoms in total. The Morgan fingerprint density at radius 2 is 2.00 bits per heavy atom. The fourth-order valence-corrected chi connectivity index (χ4v) is 3.64. The molecule has 2 saturated heterocycles. The second-order valence-corrected chi connectivity index (χ2v) is 7.13. The number of ether oxygens (including phenoxy) is 1. The van der Waals surface area contributed by atoms with Crippen LogP contribution in [0.4, 0.5) is 0 Å². The minimum absolute atomic E-state index is 0.0409. The number of hydrogen-bond donors (Lipinski definition) is 1. The van der Waals surface area contributed by atoms with Crippen LogP contribution < -0.4 is 0 Å². The lowest BCUT2D eigenvalue weighted by Gasteiger charge is -2.47. The van der Waals surface area contributed by atoms with Gasteiger partial charge < -0.3 is 14.7 Å². The molecule has 2 aliphatic heterocycles. The summed E-state index contributed by atoms with van der Waals surface area (Å²) >= 11 is 0. The lowest BCUT2D eigenvalue weighted by Crippen LogP contribution is -2.64. The highest BCUT2D eigenvalue weighted by Gasteiger charge is 2.53. The highest BCUT2D eigenvalue weighted by molar-refractivity contribution is 5.95. The van der Waals surface area contributed by atoms with Gasteiger partial charge in [-0.15, -0.1) is 0 Å². The van der Waals surface area contributed by atoms with Crippen LogP contribution in [0.5, 0.6) is 0 Å². The smallest absolute Gasteiger partial charge is 0.254 e. The van der Waals surface area contributed by atoms with Crippen LogP contribution in [0.1, 0.15) is 28.8 Å². The number of morpholine rings is 1. The summed E-state index contributed by atoms with van der Waals surface area (Å²) in [6.07, 6.45) is 2.21. The van der Waals surface area contributed by atoms with E-state index in [0.29, 0.717) is 19.0 Å². The SMILES string of the molecule is O=C(c1cccc(CN2CCOCC2)c1)N1CC(O)(C2CC2)C1. The van der Waals surface area contributed by atoms with Crippen molar-refractivity contribution >= 4 is 5.91 Å². The fourth-order valence-electron chi connectivity index (χ4n) is 3.64. The molecule has 5 heteroatoms. The number of carbonyl (C=O) groups is 1. The molecule has 1 saturated carbocycles. The standard InChI is InChI=1S/C18H24N2O3/c21-17(20-12-18(22,13-20)16-4-5-16)15-3-1-2-14(10-15)11-19-6-8-23-9-7-19/h1-3,10,16,22H,4-9,11-13H2. The third kappa shape index (κ3) is 3.13. The summed E-state index contributed by atoms with van der Waals surface area (Å²) in [6, 6.07) is 7.89. The number of aliphatic hydroxyl groups is 1. The molecule has 0 radical (unpaired) electrons. The van der Waals surface area contributed by atoms with Gasteiger partial charge in [-0.05, 0) is 36.5 Å². The molecular weight excluding hydrogens is 292 g/mol. The summed E-state index contributed by atoms with van der Waals surface area (Å²) in [6.45, 7) is 5.29. The zero-order valence-corrected chi connectivity index (χ0v) is 13.4. The van der Waals surface area contributed by atoms with E-state index in [-0.39, 0.29) is 5.91 Å². The summed E-state index contributed by atoms with van der Waals surface area (Å²) < 4.78 is 5.37. The molecule has 3 fully saturated rings. The molecule has 1 aromatic carbocycles. The highest BCUT2D eigenvalue weighted by atomic mass is 16.5. The monoisotopic (exact) mass is 316 g/mol. The first-order valence-corrected chi connectivity index (χ1v) is 8.55. The van der Waals surface area contributed by atoms with Gasteiger partial charge in [-0.1, -0.05) is 12.1 Å². The van der Waals surface area contributed by atoms with E-state index >= 15 is 0 Å². The van der Waals surface area contributed by atoms with Crippen LogP contribution in [0, 0.1) is 5.92 Å². The van der Waals surface area contributed by atoms with Gasteiger partial charge in [-0.3, -0.25) is 9.69 Å². The van der Waals surface area contributed by atoms with Crippen LogP contribution in [0.3, 0.4) is 0 Å². The minimum atomic E-state index is -0.610. The molecule has 3 aliphatic rings. The van der Waals surface area contributed by atoms with E-state index in [0.717, 1.165) is 56.8 Å². The Morgan fingerprint density at radius 3 is 2.70 bits per heavy atom. The van der Waals surface area contributed by atoms with E-state index in [9.17, 15) is 9.90 Å². The van der Waals surface area contributed by atoms with Crippen molar-refractivity contribution in [2.24, 2.45) is 5.92 Å². The van der Waals surface area contributed by atoms with E-state index < -0.39 is 5.60 Å². The largest absolute Gasteiger partial charge is 0.386 e. The van der Waals surface area contributed by atoms with Crippen LogP contribution in [-0.2, 0) is 11.3 Å². The van der Waals surface area contributed by atoms with E-state index in [1.165, 1.54) is 0 Å². The predicted molar refractivity (Wildman–Crippen MR) is 86.1 cm³/mol. The van der Waals surface area contributed by atoms with Gasteiger partial charge in [0, 0.05) is 25.2 Å². The summed E-state index contributed by atoms with van der Waals surface area (Å²) in [5.74, 6) is 0.457. The van der Waals surface area contributed by atoms with Gasteiger partial charge in [0.2, 0.25) is 0 Å². The topological polar surface area (TPSA) is 53.0 Å². The van der Waals surface area contributed by atoms with E-state index in [4.69, 9.17) is 4.74 Å². The number of β-amino-alcohol motifs (C(OH)–C–C–N with tert-alkyl or cyclic N) is 1. The molecule has 0 aromatic heterocycles. The van der Waals surface area contributed by atoms with E-state index in [2.05, 4.69) is 11.0 Å². The van der Waals surface area contributed by atoms with Gasteiger partial charge in [-0.25, -0.2) is 0 Å². The van der Waals surface area contributed by atoms with Crippen molar-refractivity contribution in [3.63, 3.8) is 0 Å². The first-order chi connectivity index (χ1) is 11.1. The number of amides is 1. The maximum absolute atomic E-state index is 12.6. The predicted octanol–water partition coefficient (Wildman–Crippen LogP) is 1.12. The Balaban J connectivity index is 1.38. The first kappa shape index (κ1) is 15.1. The number of benzene rings is 1. The molecule has 0 spiro atoms. The van der Waals surface area contributed by atoms with Crippen LogP contribution in [0.25, 0.3) is 0 Å². The van der Waals surface area contributed by atoms with E-state index in [1.807, 2.05) is 18.2 Å². The lowest BCUT2D eigenvalue weighted by molar-refractivity contribution is -0.0958. The van der Waals surface area contributed by atoms with Crippen molar-refractivity contribution in [3.05, 3.63) is 35.4 Å². The summed E-state index contributed by atoms with van der Waals surface area (Å²) in [7, 11) is 0. The van der Waals surface area contributed by atoms with Crippen molar-refractivity contribution in [2.45, 2.75) is 25.0 Å². The van der Waals surface area contributed by atoms with Gasteiger partial charge in [0.1, 0.15) is 5.60 Å². The van der Waals surface area contributed by atoms with Crippen LogP contribution in [0.2, 0.25) is 0 Å². The number of rotatable bonds is 4. The van der Waals surface area contributed by atoms with Crippen LogP contribution >= 0.6 is 0 Å². The number of nitrogens with zero attached hydrogens (tertiary/aromatic N) is 2.